The number of carboxylic acid groups (broad SMARTS) is 1. The molecular formula is C14H11N7O2. The zero-order valence-corrected chi connectivity index (χ0v) is 12.0. The van der Waals surface area contributed by atoms with E-state index in [4.69, 9.17) is 0 Å². The van der Waals surface area contributed by atoms with E-state index in [9.17, 15) is 9.90 Å². The largest absolute Gasteiger partial charge is 0.477 e. The Hall–Kier alpha value is -3.49. The van der Waals surface area contributed by atoms with Crippen LogP contribution in [0.5, 0.6) is 0 Å². The number of H-pyrrole nitrogens is 1. The molecule has 0 bridgehead atoms. The number of aromatic carboxylic acids is 1. The number of rotatable bonds is 3. The Morgan fingerprint density at radius 1 is 1.26 bits per heavy atom. The molecule has 114 valence electrons. The van der Waals surface area contributed by atoms with Gasteiger partial charge in [-0.3, -0.25) is 5.10 Å². The molecule has 4 aromatic heterocycles. The summed E-state index contributed by atoms with van der Waals surface area (Å²) in [6.45, 7) is 0. The number of hydrogen-bond acceptors (Lipinski definition) is 6. The highest BCUT2D eigenvalue weighted by molar-refractivity contribution is 5.98. The van der Waals surface area contributed by atoms with Crippen molar-refractivity contribution in [2.45, 2.75) is 0 Å². The van der Waals surface area contributed by atoms with Crippen molar-refractivity contribution >= 4 is 39.5 Å². The van der Waals surface area contributed by atoms with Gasteiger partial charge in [0.15, 0.2) is 0 Å². The van der Waals surface area contributed by atoms with Crippen LogP contribution in [0.4, 0.5) is 11.6 Å². The number of nitrogens with one attached hydrogen (secondary N) is 2. The van der Waals surface area contributed by atoms with Crippen molar-refractivity contribution in [3.8, 4) is 0 Å². The van der Waals surface area contributed by atoms with E-state index in [1.54, 1.807) is 19.4 Å². The van der Waals surface area contributed by atoms with E-state index in [2.05, 4.69) is 30.5 Å². The van der Waals surface area contributed by atoms with Crippen LogP contribution in [0, 0.1) is 0 Å². The number of pyridine rings is 1. The number of aromatic nitrogens is 6. The smallest absolute Gasteiger partial charge is 0.352 e. The summed E-state index contributed by atoms with van der Waals surface area (Å²) in [6.07, 6.45) is 4.74. The lowest BCUT2D eigenvalue weighted by Gasteiger charge is -2.05. The van der Waals surface area contributed by atoms with Gasteiger partial charge in [-0.15, -0.1) is 0 Å². The summed E-state index contributed by atoms with van der Waals surface area (Å²) >= 11 is 0. The summed E-state index contributed by atoms with van der Waals surface area (Å²) in [6, 6.07) is 3.37. The molecule has 4 aromatic rings. The van der Waals surface area contributed by atoms with E-state index in [1.807, 2.05) is 6.07 Å². The van der Waals surface area contributed by atoms with Gasteiger partial charge in [0.2, 0.25) is 0 Å². The fraction of sp³-hybridized carbons (Fsp3) is 0.0714. The van der Waals surface area contributed by atoms with Crippen LogP contribution in [-0.4, -0.2) is 40.8 Å². The molecule has 0 spiro atoms. The summed E-state index contributed by atoms with van der Waals surface area (Å²) < 4.78 is 1.51. The SMILES string of the molecule is Cn1c(C(=O)O)cc2c(Nc3cc4cn[nH]c4cn3)ncnc21. The van der Waals surface area contributed by atoms with Gasteiger partial charge in [0, 0.05) is 12.4 Å². The Bertz CT molecular complexity index is 1050. The lowest BCUT2D eigenvalue weighted by Crippen LogP contribution is -2.04. The average molecular weight is 309 g/mol. The Morgan fingerprint density at radius 2 is 2.13 bits per heavy atom. The third-order valence-electron chi connectivity index (χ3n) is 3.61. The predicted octanol–water partition coefficient (Wildman–Crippen LogP) is 1.68. The van der Waals surface area contributed by atoms with Gasteiger partial charge in [0.25, 0.3) is 0 Å². The second-order valence-electron chi connectivity index (χ2n) is 5.01. The topological polar surface area (TPSA) is 122 Å². The first-order valence-corrected chi connectivity index (χ1v) is 6.73. The van der Waals surface area contributed by atoms with Crippen molar-refractivity contribution in [1.29, 1.82) is 0 Å². The fourth-order valence-electron chi connectivity index (χ4n) is 2.47. The maximum atomic E-state index is 11.3. The molecule has 0 amide bonds. The monoisotopic (exact) mass is 309 g/mol. The summed E-state index contributed by atoms with van der Waals surface area (Å²) in [5.41, 5.74) is 1.50. The van der Waals surface area contributed by atoms with Gasteiger partial charge in [-0.1, -0.05) is 0 Å². The van der Waals surface area contributed by atoms with Crippen molar-refractivity contribution in [3.63, 3.8) is 0 Å². The molecule has 9 nitrogen and oxygen atoms in total. The number of nitrogens with zero attached hydrogens (tertiary/aromatic N) is 5. The first-order valence-electron chi connectivity index (χ1n) is 6.73. The van der Waals surface area contributed by atoms with Gasteiger partial charge >= 0.3 is 5.97 Å². The summed E-state index contributed by atoms with van der Waals surface area (Å²) in [4.78, 5) is 23.9. The minimum atomic E-state index is -1.02. The standard InChI is InChI=1S/C14H11N7O2/c1-21-10(14(22)23)3-8-12(16-6-17-13(8)21)19-11-2-7-4-18-20-9(7)5-15-11/h2-6H,1H3,(H,18,20)(H,22,23)(H,15,16,17,19). The normalized spacial score (nSPS) is 11.2. The van der Waals surface area contributed by atoms with E-state index in [1.165, 1.54) is 17.0 Å². The van der Waals surface area contributed by atoms with Gasteiger partial charge in [-0.25, -0.2) is 19.7 Å². The first-order chi connectivity index (χ1) is 11.1. The van der Waals surface area contributed by atoms with Crippen LogP contribution >= 0.6 is 0 Å². The van der Waals surface area contributed by atoms with Crippen LogP contribution in [0.15, 0.2) is 30.9 Å². The summed E-state index contributed by atoms with van der Waals surface area (Å²) in [7, 11) is 1.65. The van der Waals surface area contributed by atoms with Crippen molar-refractivity contribution in [3.05, 3.63) is 36.5 Å². The van der Waals surface area contributed by atoms with Crippen molar-refractivity contribution < 1.29 is 9.90 Å². The van der Waals surface area contributed by atoms with Crippen LogP contribution in [-0.2, 0) is 7.05 Å². The zero-order chi connectivity index (χ0) is 16.0. The minimum Gasteiger partial charge on any atom is -0.477 e. The van der Waals surface area contributed by atoms with E-state index in [0.717, 1.165) is 10.9 Å². The highest BCUT2D eigenvalue weighted by Crippen LogP contribution is 2.25. The molecule has 0 unspecified atom stereocenters. The highest BCUT2D eigenvalue weighted by Gasteiger charge is 2.16. The molecule has 0 radical (unpaired) electrons. The fourth-order valence-corrected chi connectivity index (χ4v) is 2.47. The van der Waals surface area contributed by atoms with E-state index < -0.39 is 5.97 Å². The number of anilines is 2. The van der Waals surface area contributed by atoms with Gasteiger partial charge in [-0.2, -0.15) is 5.10 Å². The zero-order valence-electron chi connectivity index (χ0n) is 12.0. The number of aryl methyl sites for hydroxylation is 1. The third-order valence-corrected chi connectivity index (χ3v) is 3.61. The molecule has 0 atom stereocenters. The number of carboxylic acids is 1. The molecule has 0 aromatic carbocycles. The molecule has 0 saturated heterocycles. The van der Waals surface area contributed by atoms with E-state index >= 15 is 0 Å². The predicted molar refractivity (Wildman–Crippen MR) is 82.6 cm³/mol. The van der Waals surface area contributed by atoms with E-state index in [0.29, 0.717) is 22.7 Å². The number of carbonyl (C=O) groups is 1. The Balaban J connectivity index is 1.81. The summed E-state index contributed by atoms with van der Waals surface area (Å²) in [5, 5.41) is 20.6. The average Bonchev–Trinajstić information content (AvgIpc) is 3.12. The van der Waals surface area contributed by atoms with Gasteiger partial charge in [0.1, 0.15) is 29.3 Å². The van der Waals surface area contributed by atoms with Crippen molar-refractivity contribution in [2.24, 2.45) is 7.05 Å². The Morgan fingerprint density at radius 3 is 2.96 bits per heavy atom. The molecule has 0 fully saturated rings. The van der Waals surface area contributed by atoms with Gasteiger partial charge < -0.3 is 15.0 Å². The second-order valence-corrected chi connectivity index (χ2v) is 5.01. The number of fused-ring (bicyclic) bond motifs is 2. The first kappa shape index (κ1) is 13.2. The lowest BCUT2D eigenvalue weighted by atomic mass is 10.3. The highest BCUT2D eigenvalue weighted by atomic mass is 16.4. The third kappa shape index (κ3) is 2.06. The number of hydrogen-bond donors (Lipinski definition) is 3. The van der Waals surface area contributed by atoms with Crippen LogP contribution in [0.3, 0.4) is 0 Å². The molecule has 0 aliphatic rings. The van der Waals surface area contributed by atoms with Crippen molar-refractivity contribution in [2.75, 3.05) is 5.32 Å². The van der Waals surface area contributed by atoms with Crippen LogP contribution < -0.4 is 5.32 Å². The molecule has 0 aliphatic carbocycles. The minimum absolute atomic E-state index is 0.141. The maximum Gasteiger partial charge on any atom is 0.352 e. The van der Waals surface area contributed by atoms with Crippen LogP contribution in [0.1, 0.15) is 10.5 Å². The molecule has 4 heterocycles. The molecule has 4 rings (SSSR count). The number of aromatic amines is 1. The molecule has 9 heteroatoms. The van der Waals surface area contributed by atoms with E-state index in [-0.39, 0.29) is 5.69 Å². The lowest BCUT2D eigenvalue weighted by molar-refractivity contribution is 0.0687. The Labute approximate surface area is 129 Å². The quantitative estimate of drug-likeness (QED) is 0.526. The van der Waals surface area contributed by atoms with Crippen LogP contribution in [0.25, 0.3) is 21.9 Å². The molecule has 0 aliphatic heterocycles. The Kier molecular flexibility index (Phi) is 2.73. The summed E-state index contributed by atoms with van der Waals surface area (Å²) in [5.74, 6) is 0.0578. The molecule has 3 N–H and O–H groups in total. The van der Waals surface area contributed by atoms with Crippen molar-refractivity contribution in [1.82, 2.24) is 29.7 Å². The molecule has 0 saturated carbocycles. The van der Waals surface area contributed by atoms with Crippen LogP contribution in [0.2, 0.25) is 0 Å². The van der Waals surface area contributed by atoms with Gasteiger partial charge in [-0.05, 0) is 12.1 Å². The second kappa shape index (κ2) is 4.77. The van der Waals surface area contributed by atoms with Gasteiger partial charge in [0.05, 0.1) is 23.3 Å². The maximum absolute atomic E-state index is 11.3. The molecule has 23 heavy (non-hydrogen) atoms. The molecular weight excluding hydrogens is 298 g/mol.